The van der Waals surface area contributed by atoms with Crippen molar-refractivity contribution in [3.05, 3.63) is 0 Å². The van der Waals surface area contributed by atoms with Crippen LogP contribution in [0.25, 0.3) is 0 Å². The number of nitrogens with one attached hydrogen (secondary N) is 1. The quantitative estimate of drug-likeness (QED) is 0.552. The maximum atomic E-state index is 11.7. The molecule has 0 bridgehead atoms. The highest BCUT2D eigenvalue weighted by Gasteiger charge is 2.31. The smallest absolute Gasteiger partial charge is 0.329 e. The second-order valence-electron chi connectivity index (χ2n) is 5.05. The fourth-order valence-corrected chi connectivity index (χ4v) is 1.37. The molecular formula is C11H19NO3. The van der Waals surface area contributed by atoms with Gasteiger partial charge in [0.05, 0.1) is 0 Å². The Kier molecular flexibility index (Phi) is 3.72. The summed E-state index contributed by atoms with van der Waals surface area (Å²) in [6.07, 6.45) is 3.57. The summed E-state index contributed by atoms with van der Waals surface area (Å²) >= 11 is 0. The fraction of sp³-hybridized carbons (Fsp3) is 0.818. The van der Waals surface area contributed by atoms with E-state index in [9.17, 15) is 9.59 Å². The molecule has 4 nitrogen and oxygen atoms in total. The first kappa shape index (κ1) is 12.0. The molecule has 86 valence electrons. The normalized spacial score (nSPS) is 18.1. The number of hydrogen-bond donors (Lipinski definition) is 1. The third kappa shape index (κ3) is 4.81. The van der Waals surface area contributed by atoms with Crippen LogP contribution in [0.3, 0.4) is 0 Å². The maximum Gasteiger partial charge on any atom is 0.329 e. The number of rotatable bonds is 5. The van der Waals surface area contributed by atoms with Gasteiger partial charge in [0.25, 0.3) is 0 Å². The third-order valence-corrected chi connectivity index (χ3v) is 2.23. The van der Waals surface area contributed by atoms with E-state index in [1.54, 1.807) is 0 Å². The minimum atomic E-state index is -0.497. The number of ether oxygens (including phenoxy) is 1. The zero-order valence-corrected chi connectivity index (χ0v) is 9.58. The molecule has 1 rings (SSSR count). The standard InChI is InChI=1S/C11H19NO3/c1-11(2,3)15-10(14)9(12-7-13)6-8-4-5-8/h7-9H,4-6H2,1-3H3,(H,12,13)/t9-/m0/s1. The number of carbonyl (C=O) groups excluding carboxylic acids is 2. The molecular weight excluding hydrogens is 194 g/mol. The summed E-state index contributed by atoms with van der Waals surface area (Å²) in [7, 11) is 0. The SMILES string of the molecule is CC(C)(C)OC(=O)[C@H](CC1CC1)NC=O. The van der Waals surface area contributed by atoms with E-state index in [1.807, 2.05) is 20.8 Å². The van der Waals surface area contributed by atoms with Gasteiger partial charge in [-0.1, -0.05) is 12.8 Å². The van der Waals surface area contributed by atoms with E-state index in [0.29, 0.717) is 18.7 Å². The fourth-order valence-electron chi connectivity index (χ4n) is 1.37. The van der Waals surface area contributed by atoms with Crippen molar-refractivity contribution in [2.45, 2.75) is 51.7 Å². The van der Waals surface area contributed by atoms with Crippen LogP contribution in [0.5, 0.6) is 0 Å². The van der Waals surface area contributed by atoms with E-state index in [2.05, 4.69) is 5.32 Å². The van der Waals surface area contributed by atoms with Crippen molar-refractivity contribution in [1.29, 1.82) is 0 Å². The van der Waals surface area contributed by atoms with Crippen LogP contribution in [0.4, 0.5) is 0 Å². The zero-order valence-electron chi connectivity index (χ0n) is 9.58. The van der Waals surface area contributed by atoms with Crippen molar-refractivity contribution in [3.8, 4) is 0 Å². The van der Waals surface area contributed by atoms with Gasteiger partial charge in [0.1, 0.15) is 11.6 Å². The molecule has 1 aliphatic carbocycles. The highest BCUT2D eigenvalue weighted by molar-refractivity contribution is 5.78. The van der Waals surface area contributed by atoms with Crippen LogP contribution in [0.1, 0.15) is 40.0 Å². The Hall–Kier alpha value is -1.06. The van der Waals surface area contributed by atoms with E-state index in [-0.39, 0.29) is 5.97 Å². The summed E-state index contributed by atoms with van der Waals surface area (Å²) in [5, 5.41) is 2.52. The Morgan fingerprint density at radius 3 is 2.53 bits per heavy atom. The van der Waals surface area contributed by atoms with Crippen molar-refractivity contribution >= 4 is 12.4 Å². The Balaban J connectivity index is 2.45. The van der Waals surface area contributed by atoms with Crippen molar-refractivity contribution in [2.75, 3.05) is 0 Å². The summed E-state index contributed by atoms with van der Waals surface area (Å²) in [6.45, 7) is 5.46. The third-order valence-electron chi connectivity index (χ3n) is 2.23. The number of hydrogen-bond acceptors (Lipinski definition) is 3. The van der Waals surface area contributed by atoms with Gasteiger partial charge < -0.3 is 10.1 Å². The van der Waals surface area contributed by atoms with Gasteiger partial charge in [-0.3, -0.25) is 4.79 Å². The van der Waals surface area contributed by atoms with Gasteiger partial charge in [-0.25, -0.2) is 4.79 Å². The van der Waals surface area contributed by atoms with Gasteiger partial charge in [0, 0.05) is 0 Å². The average Bonchev–Trinajstić information content (AvgIpc) is 2.84. The predicted molar refractivity (Wildman–Crippen MR) is 56.2 cm³/mol. The molecule has 0 radical (unpaired) electrons. The minimum absolute atomic E-state index is 0.332. The second kappa shape index (κ2) is 4.64. The van der Waals surface area contributed by atoms with E-state index in [1.165, 1.54) is 0 Å². The van der Waals surface area contributed by atoms with Crippen molar-refractivity contribution in [3.63, 3.8) is 0 Å². The van der Waals surface area contributed by atoms with Gasteiger partial charge in [0.15, 0.2) is 0 Å². The van der Waals surface area contributed by atoms with Gasteiger partial charge in [-0.15, -0.1) is 0 Å². The molecule has 1 amide bonds. The van der Waals surface area contributed by atoms with E-state index in [0.717, 1.165) is 12.8 Å². The van der Waals surface area contributed by atoms with Crippen LogP contribution in [0, 0.1) is 5.92 Å². The summed E-state index contributed by atoms with van der Waals surface area (Å²) < 4.78 is 5.22. The molecule has 1 fully saturated rings. The molecule has 1 saturated carbocycles. The van der Waals surface area contributed by atoms with Crippen LogP contribution in [-0.4, -0.2) is 24.0 Å². The first-order chi connectivity index (χ1) is 6.92. The molecule has 0 unspecified atom stereocenters. The first-order valence-electron chi connectivity index (χ1n) is 5.35. The first-order valence-corrected chi connectivity index (χ1v) is 5.35. The van der Waals surface area contributed by atoms with E-state index in [4.69, 9.17) is 4.74 Å². The summed E-state index contributed by atoms with van der Waals surface area (Å²) in [4.78, 5) is 22.0. The van der Waals surface area contributed by atoms with Crippen LogP contribution in [0.2, 0.25) is 0 Å². The van der Waals surface area contributed by atoms with Gasteiger partial charge >= 0.3 is 5.97 Å². The molecule has 0 aromatic carbocycles. The lowest BCUT2D eigenvalue weighted by molar-refractivity contribution is -0.158. The van der Waals surface area contributed by atoms with Crippen LogP contribution >= 0.6 is 0 Å². The molecule has 0 spiro atoms. The van der Waals surface area contributed by atoms with Crippen molar-refractivity contribution < 1.29 is 14.3 Å². The molecule has 1 aliphatic rings. The number of carbonyl (C=O) groups is 2. The highest BCUT2D eigenvalue weighted by Crippen LogP contribution is 2.33. The molecule has 0 heterocycles. The Labute approximate surface area is 90.4 Å². The molecule has 4 heteroatoms. The van der Waals surface area contributed by atoms with Crippen LogP contribution < -0.4 is 5.32 Å². The van der Waals surface area contributed by atoms with Gasteiger partial charge in [-0.05, 0) is 33.1 Å². The summed E-state index contributed by atoms with van der Waals surface area (Å²) in [6, 6.07) is -0.478. The topological polar surface area (TPSA) is 55.4 Å². The lowest BCUT2D eigenvalue weighted by Gasteiger charge is -2.23. The molecule has 1 atom stereocenters. The lowest BCUT2D eigenvalue weighted by atomic mass is 10.1. The van der Waals surface area contributed by atoms with Crippen LogP contribution in [0.15, 0.2) is 0 Å². The molecule has 0 saturated heterocycles. The minimum Gasteiger partial charge on any atom is -0.458 e. The van der Waals surface area contributed by atoms with Crippen LogP contribution in [-0.2, 0) is 14.3 Å². The van der Waals surface area contributed by atoms with Gasteiger partial charge in [0.2, 0.25) is 6.41 Å². The Bertz CT molecular complexity index is 241. The monoisotopic (exact) mass is 213 g/mol. The maximum absolute atomic E-state index is 11.7. The van der Waals surface area contributed by atoms with Gasteiger partial charge in [-0.2, -0.15) is 0 Å². The van der Waals surface area contributed by atoms with E-state index >= 15 is 0 Å². The molecule has 0 aliphatic heterocycles. The highest BCUT2D eigenvalue weighted by atomic mass is 16.6. The molecule has 15 heavy (non-hydrogen) atoms. The average molecular weight is 213 g/mol. The summed E-state index contributed by atoms with van der Waals surface area (Å²) in [5.74, 6) is 0.247. The van der Waals surface area contributed by atoms with Crippen molar-refractivity contribution in [1.82, 2.24) is 5.32 Å². The molecule has 0 aromatic rings. The number of amides is 1. The zero-order chi connectivity index (χ0) is 11.5. The molecule has 0 aromatic heterocycles. The summed E-state index contributed by atoms with van der Waals surface area (Å²) in [5.41, 5.74) is -0.497. The van der Waals surface area contributed by atoms with Crippen molar-refractivity contribution in [2.24, 2.45) is 5.92 Å². The van der Waals surface area contributed by atoms with E-state index < -0.39 is 11.6 Å². The predicted octanol–water partition coefficient (Wildman–Crippen LogP) is 1.24. The Morgan fingerprint density at radius 2 is 2.13 bits per heavy atom. The lowest BCUT2D eigenvalue weighted by Crippen LogP contribution is -2.41. The molecule has 1 N–H and O–H groups in total. The largest absolute Gasteiger partial charge is 0.458 e. The number of esters is 1. The Morgan fingerprint density at radius 1 is 1.53 bits per heavy atom. The second-order valence-corrected chi connectivity index (χ2v) is 5.05.